The van der Waals surface area contributed by atoms with Crippen molar-refractivity contribution in [3.8, 4) is 5.88 Å². The minimum absolute atomic E-state index is 0.0574. The fourth-order valence-electron chi connectivity index (χ4n) is 4.72. The number of nitrogens with zero attached hydrogens (tertiary/aromatic N) is 1. The average Bonchev–Trinajstić information content (AvgIpc) is 3.39. The molecule has 0 bridgehead atoms. The summed E-state index contributed by atoms with van der Waals surface area (Å²) in [5, 5.41) is 4.27. The van der Waals surface area contributed by atoms with Crippen LogP contribution in [-0.4, -0.2) is 30.9 Å². The summed E-state index contributed by atoms with van der Waals surface area (Å²) in [5.41, 5.74) is 3.79. The maximum Gasteiger partial charge on any atom is 0.416 e. The molecule has 0 amide bonds. The number of hydrogen-bond acceptors (Lipinski definition) is 5. The zero-order chi connectivity index (χ0) is 23.9. The Morgan fingerprint density at radius 2 is 1.88 bits per heavy atom. The van der Waals surface area contributed by atoms with Crippen LogP contribution in [0.25, 0.3) is 10.9 Å². The summed E-state index contributed by atoms with van der Waals surface area (Å²) in [7, 11) is -3.02. The molecule has 1 atom stereocenters. The molecule has 9 heteroatoms. The van der Waals surface area contributed by atoms with Crippen molar-refractivity contribution < 1.29 is 26.3 Å². The van der Waals surface area contributed by atoms with Crippen molar-refractivity contribution in [2.45, 2.75) is 51.1 Å². The molecule has 1 saturated heterocycles. The van der Waals surface area contributed by atoms with Crippen LogP contribution in [-0.2, 0) is 42.0 Å². The lowest BCUT2D eigenvalue weighted by Gasteiger charge is -2.16. The van der Waals surface area contributed by atoms with Gasteiger partial charge in [-0.1, -0.05) is 12.1 Å². The lowest BCUT2D eigenvalue weighted by Crippen LogP contribution is -2.29. The molecule has 1 unspecified atom stereocenters. The number of aryl methyl sites for hydroxylation is 2. The third-order valence-electron chi connectivity index (χ3n) is 6.51. The van der Waals surface area contributed by atoms with Crippen LogP contribution < -0.4 is 10.1 Å². The van der Waals surface area contributed by atoms with Crippen molar-refractivity contribution in [1.29, 1.82) is 0 Å². The molecule has 1 aromatic heterocycles. The van der Waals surface area contributed by atoms with E-state index in [0.29, 0.717) is 24.4 Å². The second-order valence-electron chi connectivity index (χ2n) is 9.09. The molecular weight excluding hydrogens is 465 g/mol. The molecule has 0 spiro atoms. The smallest absolute Gasteiger partial charge is 0.416 e. The molecule has 5 rings (SSSR count). The van der Waals surface area contributed by atoms with Crippen molar-refractivity contribution in [2.24, 2.45) is 0 Å². The Morgan fingerprint density at radius 3 is 2.62 bits per heavy atom. The van der Waals surface area contributed by atoms with Gasteiger partial charge in [-0.25, -0.2) is 13.4 Å². The number of alkyl halides is 3. The average molecular weight is 491 g/mol. The summed E-state index contributed by atoms with van der Waals surface area (Å²) in [4.78, 5) is 4.71. The summed E-state index contributed by atoms with van der Waals surface area (Å²) in [6, 6.07) is 11.1. The molecular formula is C25H25F3N2O3S. The molecule has 5 nitrogen and oxygen atoms in total. The molecule has 1 aliphatic carbocycles. The number of halogens is 3. The molecule has 2 aliphatic rings. The summed E-state index contributed by atoms with van der Waals surface area (Å²) in [6.45, 7) is 0.302. The van der Waals surface area contributed by atoms with Gasteiger partial charge in [0.25, 0.3) is 0 Å². The second-order valence-corrected chi connectivity index (χ2v) is 11.3. The Bertz CT molecular complexity index is 1340. The SMILES string of the molecule is O=S1(=O)CCC(NCc2cc3cc4c(cc3nc2OCc2cccc(C(F)(F)F)c2)CCC4)C1. The van der Waals surface area contributed by atoms with E-state index in [0.717, 1.165) is 47.9 Å². The van der Waals surface area contributed by atoms with Gasteiger partial charge in [0, 0.05) is 23.5 Å². The third kappa shape index (κ3) is 5.05. The van der Waals surface area contributed by atoms with Crippen LogP contribution in [0, 0.1) is 0 Å². The Balaban J connectivity index is 1.42. The number of pyridine rings is 1. The highest BCUT2D eigenvalue weighted by Crippen LogP contribution is 2.32. The fraction of sp³-hybridized carbons (Fsp3) is 0.400. The largest absolute Gasteiger partial charge is 0.473 e. The Labute approximate surface area is 196 Å². The monoisotopic (exact) mass is 490 g/mol. The molecule has 2 heterocycles. The highest BCUT2D eigenvalue weighted by Gasteiger charge is 2.30. The van der Waals surface area contributed by atoms with E-state index in [1.54, 1.807) is 6.07 Å². The Kier molecular flexibility index (Phi) is 6.02. The van der Waals surface area contributed by atoms with E-state index in [4.69, 9.17) is 9.72 Å². The number of sulfone groups is 1. The third-order valence-corrected chi connectivity index (χ3v) is 8.28. The highest BCUT2D eigenvalue weighted by atomic mass is 32.2. The van der Waals surface area contributed by atoms with Crippen LogP contribution in [0.3, 0.4) is 0 Å². The lowest BCUT2D eigenvalue weighted by atomic mass is 10.0. The number of nitrogens with one attached hydrogen (secondary N) is 1. The molecule has 1 fully saturated rings. The minimum atomic E-state index is -4.42. The van der Waals surface area contributed by atoms with Crippen LogP contribution in [0.1, 0.15) is 40.7 Å². The number of aromatic nitrogens is 1. The molecule has 34 heavy (non-hydrogen) atoms. The minimum Gasteiger partial charge on any atom is -0.473 e. The Hall–Kier alpha value is -2.65. The second kappa shape index (κ2) is 8.85. The number of benzene rings is 2. The first kappa shape index (κ1) is 23.1. The van der Waals surface area contributed by atoms with Gasteiger partial charge < -0.3 is 10.1 Å². The summed E-state index contributed by atoms with van der Waals surface area (Å²) in [5.74, 6) is 0.615. The molecule has 3 aromatic rings. The lowest BCUT2D eigenvalue weighted by molar-refractivity contribution is -0.137. The van der Waals surface area contributed by atoms with Gasteiger partial charge in [0.05, 0.1) is 22.6 Å². The number of hydrogen-bond donors (Lipinski definition) is 1. The maximum absolute atomic E-state index is 13.1. The standard InChI is InChI=1S/C25H25F3N2O3S/c26-25(27,28)21-6-1-3-16(9-21)14-33-24-20(13-29-22-7-8-34(31,32)15-22)11-19-10-17-4-2-5-18(17)12-23(19)30-24/h1,3,6,9-12,22,29H,2,4-5,7-8,13-15H2. The molecule has 0 saturated carbocycles. The molecule has 1 N–H and O–H groups in total. The van der Waals surface area contributed by atoms with E-state index in [9.17, 15) is 21.6 Å². The zero-order valence-electron chi connectivity index (χ0n) is 18.5. The van der Waals surface area contributed by atoms with Gasteiger partial charge in [-0.15, -0.1) is 0 Å². The van der Waals surface area contributed by atoms with E-state index < -0.39 is 21.6 Å². The van der Waals surface area contributed by atoms with Gasteiger partial charge in [0.2, 0.25) is 5.88 Å². The summed E-state index contributed by atoms with van der Waals surface area (Å²) < 4.78 is 68.8. The quantitative estimate of drug-likeness (QED) is 0.547. The number of fused-ring (bicyclic) bond motifs is 2. The normalized spacial score (nSPS) is 19.4. The van der Waals surface area contributed by atoms with Gasteiger partial charge >= 0.3 is 6.18 Å². The van der Waals surface area contributed by atoms with Crippen molar-refractivity contribution in [1.82, 2.24) is 10.3 Å². The van der Waals surface area contributed by atoms with Crippen molar-refractivity contribution in [3.05, 3.63) is 70.3 Å². The first-order valence-electron chi connectivity index (χ1n) is 11.3. The van der Waals surface area contributed by atoms with Crippen molar-refractivity contribution in [3.63, 3.8) is 0 Å². The van der Waals surface area contributed by atoms with Crippen molar-refractivity contribution >= 4 is 20.7 Å². The van der Waals surface area contributed by atoms with E-state index in [1.165, 1.54) is 17.2 Å². The fourth-order valence-corrected chi connectivity index (χ4v) is 6.43. The molecule has 1 aliphatic heterocycles. The maximum atomic E-state index is 13.1. The molecule has 2 aromatic carbocycles. The molecule has 0 radical (unpaired) electrons. The number of rotatable bonds is 6. The first-order chi connectivity index (χ1) is 16.2. The van der Waals surface area contributed by atoms with Gasteiger partial charge in [0.1, 0.15) is 6.61 Å². The van der Waals surface area contributed by atoms with Crippen molar-refractivity contribution in [2.75, 3.05) is 11.5 Å². The van der Waals surface area contributed by atoms with Gasteiger partial charge in [-0.05, 0) is 72.7 Å². The summed E-state index contributed by atoms with van der Waals surface area (Å²) >= 11 is 0. The van der Waals surface area contributed by atoms with Crippen LogP contribution in [0.15, 0.2) is 42.5 Å². The van der Waals surface area contributed by atoms with Crippen LogP contribution in [0.4, 0.5) is 13.2 Å². The molecule has 180 valence electrons. The van der Waals surface area contributed by atoms with E-state index in [1.807, 2.05) is 6.07 Å². The van der Waals surface area contributed by atoms with Crippen LogP contribution >= 0.6 is 0 Å². The highest BCUT2D eigenvalue weighted by molar-refractivity contribution is 7.91. The zero-order valence-corrected chi connectivity index (χ0v) is 19.3. The van der Waals surface area contributed by atoms with Gasteiger partial charge in [-0.2, -0.15) is 13.2 Å². The Morgan fingerprint density at radius 1 is 1.09 bits per heavy atom. The number of ether oxygens (including phenoxy) is 1. The predicted molar refractivity (Wildman–Crippen MR) is 123 cm³/mol. The van der Waals surface area contributed by atoms with Crippen LogP contribution in [0.2, 0.25) is 0 Å². The first-order valence-corrected chi connectivity index (χ1v) is 13.2. The summed E-state index contributed by atoms with van der Waals surface area (Å²) in [6.07, 6.45) is -0.722. The van der Waals surface area contributed by atoms with E-state index in [-0.39, 0.29) is 24.2 Å². The van der Waals surface area contributed by atoms with Crippen LogP contribution in [0.5, 0.6) is 5.88 Å². The topological polar surface area (TPSA) is 68.3 Å². The van der Waals surface area contributed by atoms with E-state index in [2.05, 4.69) is 17.4 Å². The van der Waals surface area contributed by atoms with Gasteiger partial charge in [-0.3, -0.25) is 0 Å². The predicted octanol–water partition coefficient (Wildman–Crippen LogP) is 4.60. The van der Waals surface area contributed by atoms with Gasteiger partial charge in [0.15, 0.2) is 9.84 Å². The van der Waals surface area contributed by atoms with E-state index >= 15 is 0 Å².